The summed E-state index contributed by atoms with van der Waals surface area (Å²) in [5, 5.41) is 0. The van der Waals surface area contributed by atoms with Gasteiger partial charge in [-0.2, -0.15) is 0 Å². The SMILES string of the molecule is NCc1c(N2CCC3CCCCC3C2)nc2ccccn12. The first-order valence-corrected chi connectivity index (χ1v) is 8.28. The Hall–Kier alpha value is -1.55. The number of rotatable bonds is 2. The molecule has 0 aromatic carbocycles. The zero-order valence-electron chi connectivity index (χ0n) is 12.5. The molecule has 1 aliphatic heterocycles. The first kappa shape index (κ1) is 13.1. The van der Waals surface area contributed by atoms with Crippen molar-refractivity contribution in [1.29, 1.82) is 0 Å². The van der Waals surface area contributed by atoms with E-state index in [1.54, 1.807) is 0 Å². The zero-order valence-corrected chi connectivity index (χ0v) is 12.5. The number of anilines is 1. The highest BCUT2D eigenvalue weighted by atomic mass is 15.2. The van der Waals surface area contributed by atoms with Gasteiger partial charge < -0.3 is 15.0 Å². The van der Waals surface area contributed by atoms with Gasteiger partial charge in [0, 0.05) is 25.8 Å². The molecule has 0 radical (unpaired) electrons. The molecule has 0 bridgehead atoms. The Morgan fingerprint density at radius 2 is 2.00 bits per heavy atom. The molecular formula is C17H24N4. The van der Waals surface area contributed by atoms with Crippen LogP contribution in [-0.2, 0) is 6.54 Å². The molecule has 0 spiro atoms. The second-order valence-electron chi connectivity index (χ2n) is 6.55. The molecule has 2 unspecified atom stereocenters. The second kappa shape index (κ2) is 5.34. The van der Waals surface area contributed by atoms with E-state index in [1.807, 2.05) is 12.1 Å². The van der Waals surface area contributed by atoms with Gasteiger partial charge in [0.25, 0.3) is 0 Å². The number of hydrogen-bond donors (Lipinski definition) is 1. The van der Waals surface area contributed by atoms with Crippen LogP contribution in [0.2, 0.25) is 0 Å². The van der Waals surface area contributed by atoms with Gasteiger partial charge in [0.2, 0.25) is 0 Å². The summed E-state index contributed by atoms with van der Waals surface area (Å²) in [5.74, 6) is 2.93. The molecule has 4 nitrogen and oxygen atoms in total. The summed E-state index contributed by atoms with van der Waals surface area (Å²) in [6.45, 7) is 2.85. The van der Waals surface area contributed by atoms with E-state index in [4.69, 9.17) is 10.7 Å². The molecule has 3 heterocycles. The maximum absolute atomic E-state index is 6.01. The first-order valence-electron chi connectivity index (χ1n) is 8.28. The fourth-order valence-electron chi connectivity index (χ4n) is 4.27. The lowest BCUT2D eigenvalue weighted by Crippen LogP contribution is -2.42. The van der Waals surface area contributed by atoms with Crippen LogP contribution in [0.1, 0.15) is 37.8 Å². The average Bonchev–Trinajstić information content (AvgIpc) is 2.93. The summed E-state index contributed by atoms with van der Waals surface area (Å²) in [7, 11) is 0. The number of hydrogen-bond acceptors (Lipinski definition) is 3. The second-order valence-corrected chi connectivity index (χ2v) is 6.55. The monoisotopic (exact) mass is 284 g/mol. The molecule has 112 valence electrons. The van der Waals surface area contributed by atoms with Crippen molar-refractivity contribution in [3.63, 3.8) is 0 Å². The molecule has 1 saturated carbocycles. The van der Waals surface area contributed by atoms with E-state index >= 15 is 0 Å². The maximum Gasteiger partial charge on any atom is 0.152 e. The fraction of sp³-hybridized carbons (Fsp3) is 0.588. The van der Waals surface area contributed by atoms with Gasteiger partial charge in [-0.25, -0.2) is 4.98 Å². The molecular weight excluding hydrogens is 260 g/mol. The predicted octanol–water partition coefficient (Wildman–Crippen LogP) is 2.81. The van der Waals surface area contributed by atoms with E-state index in [0.717, 1.165) is 35.5 Å². The smallest absolute Gasteiger partial charge is 0.152 e. The minimum atomic E-state index is 0.547. The summed E-state index contributed by atoms with van der Waals surface area (Å²) in [6.07, 6.45) is 9.07. The van der Waals surface area contributed by atoms with E-state index in [1.165, 1.54) is 38.6 Å². The number of fused-ring (bicyclic) bond motifs is 2. The van der Waals surface area contributed by atoms with E-state index in [9.17, 15) is 0 Å². The van der Waals surface area contributed by atoms with Crippen molar-refractivity contribution in [2.45, 2.75) is 38.6 Å². The summed E-state index contributed by atoms with van der Waals surface area (Å²) >= 11 is 0. The van der Waals surface area contributed by atoms with Crippen LogP contribution in [0.4, 0.5) is 5.82 Å². The summed E-state index contributed by atoms with van der Waals surface area (Å²) in [5.41, 5.74) is 8.18. The number of piperidine rings is 1. The number of nitrogens with zero attached hydrogens (tertiary/aromatic N) is 3. The van der Waals surface area contributed by atoms with Gasteiger partial charge in [-0.15, -0.1) is 0 Å². The van der Waals surface area contributed by atoms with Crippen LogP contribution in [0, 0.1) is 11.8 Å². The van der Waals surface area contributed by atoms with Crippen LogP contribution < -0.4 is 10.6 Å². The van der Waals surface area contributed by atoms with Crippen molar-refractivity contribution in [3.8, 4) is 0 Å². The van der Waals surface area contributed by atoms with Crippen molar-refractivity contribution in [3.05, 3.63) is 30.1 Å². The van der Waals surface area contributed by atoms with Crippen LogP contribution in [-0.4, -0.2) is 22.5 Å². The van der Waals surface area contributed by atoms with Gasteiger partial charge in [0.05, 0.1) is 5.69 Å². The van der Waals surface area contributed by atoms with Crippen LogP contribution >= 0.6 is 0 Å². The van der Waals surface area contributed by atoms with Crippen LogP contribution in [0.25, 0.3) is 5.65 Å². The number of imidazole rings is 1. The van der Waals surface area contributed by atoms with Crippen molar-refractivity contribution in [1.82, 2.24) is 9.38 Å². The van der Waals surface area contributed by atoms with Gasteiger partial charge in [-0.3, -0.25) is 0 Å². The Morgan fingerprint density at radius 1 is 1.14 bits per heavy atom. The van der Waals surface area contributed by atoms with Gasteiger partial charge >= 0.3 is 0 Å². The highest BCUT2D eigenvalue weighted by Gasteiger charge is 2.32. The molecule has 1 saturated heterocycles. The minimum absolute atomic E-state index is 0.547. The fourth-order valence-corrected chi connectivity index (χ4v) is 4.27. The highest BCUT2D eigenvalue weighted by molar-refractivity contribution is 5.56. The van der Waals surface area contributed by atoms with Crippen molar-refractivity contribution >= 4 is 11.5 Å². The van der Waals surface area contributed by atoms with E-state index in [2.05, 4.69) is 21.6 Å². The minimum Gasteiger partial charge on any atom is -0.355 e. The quantitative estimate of drug-likeness (QED) is 0.922. The molecule has 2 aromatic rings. The lowest BCUT2D eigenvalue weighted by molar-refractivity contribution is 0.202. The molecule has 2 aliphatic rings. The zero-order chi connectivity index (χ0) is 14.2. The van der Waals surface area contributed by atoms with Gasteiger partial charge in [-0.05, 0) is 36.8 Å². The predicted molar refractivity (Wildman–Crippen MR) is 85.4 cm³/mol. The average molecular weight is 284 g/mol. The molecule has 1 aliphatic carbocycles. The molecule has 21 heavy (non-hydrogen) atoms. The summed E-state index contributed by atoms with van der Waals surface area (Å²) < 4.78 is 2.14. The summed E-state index contributed by atoms with van der Waals surface area (Å²) in [6, 6.07) is 6.15. The Morgan fingerprint density at radius 3 is 2.86 bits per heavy atom. The van der Waals surface area contributed by atoms with E-state index < -0.39 is 0 Å². The molecule has 2 atom stereocenters. The molecule has 2 fully saturated rings. The largest absolute Gasteiger partial charge is 0.355 e. The van der Waals surface area contributed by atoms with E-state index in [0.29, 0.717) is 6.54 Å². The Labute approximate surface area is 126 Å². The number of aromatic nitrogens is 2. The number of pyridine rings is 1. The normalized spacial score (nSPS) is 26.0. The van der Waals surface area contributed by atoms with Crippen LogP contribution in [0.15, 0.2) is 24.4 Å². The number of nitrogens with two attached hydrogens (primary N) is 1. The first-order chi connectivity index (χ1) is 10.4. The molecule has 4 heteroatoms. The lowest BCUT2D eigenvalue weighted by atomic mass is 9.75. The molecule has 4 rings (SSSR count). The van der Waals surface area contributed by atoms with E-state index in [-0.39, 0.29) is 0 Å². The Kier molecular flexibility index (Phi) is 3.34. The third-order valence-electron chi connectivity index (χ3n) is 5.39. The van der Waals surface area contributed by atoms with Crippen LogP contribution in [0.5, 0.6) is 0 Å². The Balaban J connectivity index is 1.66. The lowest BCUT2D eigenvalue weighted by Gasteiger charge is -2.41. The van der Waals surface area contributed by atoms with Crippen molar-refractivity contribution in [2.75, 3.05) is 18.0 Å². The molecule has 2 N–H and O–H groups in total. The van der Waals surface area contributed by atoms with Crippen molar-refractivity contribution in [2.24, 2.45) is 17.6 Å². The van der Waals surface area contributed by atoms with Crippen molar-refractivity contribution < 1.29 is 0 Å². The maximum atomic E-state index is 6.01. The summed E-state index contributed by atoms with van der Waals surface area (Å²) in [4.78, 5) is 7.34. The third-order valence-corrected chi connectivity index (χ3v) is 5.39. The third kappa shape index (κ3) is 2.22. The highest BCUT2D eigenvalue weighted by Crippen LogP contribution is 2.38. The van der Waals surface area contributed by atoms with Gasteiger partial charge in [0.1, 0.15) is 5.65 Å². The van der Waals surface area contributed by atoms with Crippen LogP contribution in [0.3, 0.4) is 0 Å². The standard InChI is InChI=1S/C17H24N4/c18-11-15-17(19-16-7-3-4-9-21(15)16)20-10-8-13-5-1-2-6-14(13)12-20/h3-4,7,9,13-14H,1-2,5-6,8,10-12,18H2. The molecule has 0 amide bonds. The van der Waals surface area contributed by atoms with Gasteiger partial charge in [0.15, 0.2) is 5.82 Å². The molecule has 2 aromatic heterocycles. The Bertz CT molecular complexity index is 633. The topological polar surface area (TPSA) is 46.6 Å². The van der Waals surface area contributed by atoms with Gasteiger partial charge in [-0.1, -0.05) is 25.3 Å².